The number of halogens is 1. The van der Waals surface area contributed by atoms with Crippen LogP contribution in [0.4, 0.5) is 11.4 Å². The van der Waals surface area contributed by atoms with Crippen LogP contribution in [0, 0.1) is 0 Å². The molecule has 4 heteroatoms. The Hall–Kier alpha value is -2.00. The zero-order chi connectivity index (χ0) is 15.8. The van der Waals surface area contributed by atoms with Crippen molar-refractivity contribution >= 4 is 28.9 Å². The number of anilines is 2. The normalized spacial score (nSPS) is 20.0. The van der Waals surface area contributed by atoms with Crippen molar-refractivity contribution in [2.24, 2.45) is 0 Å². The van der Waals surface area contributed by atoms with Gasteiger partial charge in [0, 0.05) is 29.4 Å². The van der Waals surface area contributed by atoms with E-state index in [0.29, 0.717) is 12.5 Å². The van der Waals surface area contributed by atoms with Gasteiger partial charge in [-0.25, -0.2) is 0 Å². The maximum atomic E-state index is 11.9. The Bertz CT molecular complexity index is 759. The predicted octanol–water partition coefficient (Wildman–Crippen LogP) is 4.57. The molecule has 1 heterocycles. The number of carbonyl (C=O) groups excluding carboxylic acids is 1. The summed E-state index contributed by atoms with van der Waals surface area (Å²) in [5.41, 5.74) is 4.72. The number of nitrogens with zero attached hydrogens (tertiary/aromatic N) is 1. The second-order valence-electron chi connectivity index (χ2n) is 6.28. The number of amides is 1. The molecule has 0 radical (unpaired) electrons. The van der Waals surface area contributed by atoms with Crippen LogP contribution in [-0.4, -0.2) is 12.5 Å². The molecular weight excluding hydrogens is 308 g/mol. The number of aryl methyl sites for hydroxylation is 1. The van der Waals surface area contributed by atoms with E-state index in [-0.39, 0.29) is 5.91 Å². The Morgan fingerprint density at radius 3 is 2.87 bits per heavy atom. The fraction of sp³-hybridized carbons (Fsp3) is 0.316. The van der Waals surface area contributed by atoms with Gasteiger partial charge in [0.2, 0.25) is 5.91 Å². The molecule has 1 N–H and O–H groups in total. The van der Waals surface area contributed by atoms with Gasteiger partial charge in [0.25, 0.3) is 0 Å². The summed E-state index contributed by atoms with van der Waals surface area (Å²) in [6, 6.07) is 14.6. The Morgan fingerprint density at radius 2 is 2.04 bits per heavy atom. The molecule has 118 valence electrons. The van der Waals surface area contributed by atoms with Crippen LogP contribution in [0.5, 0.6) is 0 Å². The molecule has 2 aromatic carbocycles. The molecule has 2 aliphatic rings. The van der Waals surface area contributed by atoms with Crippen LogP contribution in [0.3, 0.4) is 0 Å². The van der Waals surface area contributed by atoms with Crippen LogP contribution in [0.25, 0.3) is 0 Å². The second kappa shape index (κ2) is 5.89. The van der Waals surface area contributed by atoms with E-state index in [1.54, 1.807) is 0 Å². The smallest absolute Gasteiger partial charge is 0.227 e. The fourth-order valence-corrected chi connectivity index (χ4v) is 3.82. The molecule has 1 atom stereocenters. The third-order valence-electron chi connectivity index (χ3n) is 4.75. The second-order valence-corrected chi connectivity index (χ2v) is 6.71. The van der Waals surface area contributed by atoms with E-state index < -0.39 is 0 Å². The number of nitrogens with one attached hydrogen (secondary N) is 1. The van der Waals surface area contributed by atoms with Crippen LogP contribution in [0.2, 0.25) is 5.02 Å². The minimum absolute atomic E-state index is 0.225. The van der Waals surface area contributed by atoms with E-state index in [9.17, 15) is 4.79 Å². The highest BCUT2D eigenvalue weighted by Crippen LogP contribution is 2.36. The van der Waals surface area contributed by atoms with E-state index in [0.717, 1.165) is 42.2 Å². The van der Waals surface area contributed by atoms with Gasteiger partial charge in [0.1, 0.15) is 0 Å². The third-order valence-corrected chi connectivity index (χ3v) is 4.99. The molecule has 0 bridgehead atoms. The molecule has 23 heavy (non-hydrogen) atoms. The number of fused-ring (bicyclic) bond motifs is 1. The zero-order valence-electron chi connectivity index (χ0n) is 12.9. The molecule has 3 nitrogen and oxygen atoms in total. The van der Waals surface area contributed by atoms with Crippen molar-refractivity contribution in [3.05, 3.63) is 58.6 Å². The lowest BCUT2D eigenvalue weighted by Crippen LogP contribution is -2.23. The van der Waals surface area contributed by atoms with Crippen molar-refractivity contribution in [1.82, 2.24) is 0 Å². The first kappa shape index (κ1) is 14.6. The molecule has 0 aromatic heterocycles. The van der Waals surface area contributed by atoms with Crippen LogP contribution in [-0.2, 0) is 11.2 Å². The van der Waals surface area contributed by atoms with E-state index in [4.69, 9.17) is 11.6 Å². The number of benzene rings is 2. The monoisotopic (exact) mass is 326 g/mol. The largest absolute Gasteiger partial charge is 0.378 e. The molecule has 2 aromatic rings. The highest BCUT2D eigenvalue weighted by atomic mass is 35.5. The first-order valence-electron chi connectivity index (χ1n) is 8.16. The van der Waals surface area contributed by atoms with Gasteiger partial charge >= 0.3 is 0 Å². The Labute approximate surface area is 141 Å². The lowest BCUT2D eigenvalue weighted by molar-refractivity contribution is -0.117. The SMILES string of the molecule is O=C1CCCN1c1cccc(N[C@H]2CCc3cc(Cl)ccc32)c1. The fourth-order valence-electron chi connectivity index (χ4n) is 3.62. The van der Waals surface area contributed by atoms with Gasteiger partial charge in [-0.1, -0.05) is 23.7 Å². The molecule has 1 aliphatic heterocycles. The van der Waals surface area contributed by atoms with Gasteiger partial charge < -0.3 is 10.2 Å². The maximum Gasteiger partial charge on any atom is 0.227 e. The molecule has 0 saturated carbocycles. The van der Waals surface area contributed by atoms with Crippen molar-refractivity contribution in [3.63, 3.8) is 0 Å². The van der Waals surface area contributed by atoms with Crippen molar-refractivity contribution in [2.45, 2.75) is 31.7 Å². The van der Waals surface area contributed by atoms with Crippen LogP contribution in [0.15, 0.2) is 42.5 Å². The topological polar surface area (TPSA) is 32.3 Å². The average Bonchev–Trinajstić information content (AvgIpc) is 3.14. The Kier molecular flexibility index (Phi) is 3.74. The molecular formula is C19H19ClN2O. The molecule has 4 rings (SSSR count). The number of hydrogen-bond acceptors (Lipinski definition) is 2. The van der Waals surface area contributed by atoms with Crippen molar-refractivity contribution in [3.8, 4) is 0 Å². The van der Waals surface area contributed by atoms with Crippen molar-refractivity contribution < 1.29 is 4.79 Å². The number of hydrogen-bond donors (Lipinski definition) is 1. The first-order chi connectivity index (χ1) is 11.2. The van der Waals surface area contributed by atoms with Crippen LogP contribution in [0.1, 0.15) is 36.4 Å². The number of carbonyl (C=O) groups is 1. The molecule has 1 aliphatic carbocycles. The van der Waals surface area contributed by atoms with E-state index in [1.807, 2.05) is 23.1 Å². The van der Waals surface area contributed by atoms with Crippen LogP contribution >= 0.6 is 11.6 Å². The summed E-state index contributed by atoms with van der Waals surface area (Å²) in [5.74, 6) is 0.225. The van der Waals surface area contributed by atoms with Gasteiger partial charge in [-0.3, -0.25) is 4.79 Å². The van der Waals surface area contributed by atoms with Gasteiger partial charge in [-0.15, -0.1) is 0 Å². The van der Waals surface area contributed by atoms with Crippen LogP contribution < -0.4 is 10.2 Å². The maximum absolute atomic E-state index is 11.9. The quantitative estimate of drug-likeness (QED) is 0.896. The molecule has 1 amide bonds. The summed E-state index contributed by atoms with van der Waals surface area (Å²) in [6.45, 7) is 0.826. The minimum Gasteiger partial charge on any atom is -0.378 e. The lowest BCUT2D eigenvalue weighted by atomic mass is 10.1. The zero-order valence-corrected chi connectivity index (χ0v) is 13.6. The summed E-state index contributed by atoms with van der Waals surface area (Å²) in [6.07, 6.45) is 3.74. The van der Waals surface area contributed by atoms with Crippen molar-refractivity contribution in [2.75, 3.05) is 16.8 Å². The summed E-state index contributed by atoms with van der Waals surface area (Å²) >= 11 is 6.08. The third kappa shape index (κ3) is 2.81. The molecule has 0 spiro atoms. The Morgan fingerprint density at radius 1 is 1.13 bits per heavy atom. The number of rotatable bonds is 3. The predicted molar refractivity (Wildman–Crippen MR) is 94.2 cm³/mol. The lowest BCUT2D eigenvalue weighted by Gasteiger charge is -2.19. The summed E-state index contributed by atoms with van der Waals surface area (Å²) in [5, 5.41) is 4.42. The molecule has 1 fully saturated rings. The van der Waals surface area contributed by atoms with E-state index in [1.165, 1.54) is 11.1 Å². The van der Waals surface area contributed by atoms with Gasteiger partial charge in [-0.2, -0.15) is 0 Å². The first-order valence-corrected chi connectivity index (χ1v) is 8.54. The summed E-state index contributed by atoms with van der Waals surface area (Å²) in [4.78, 5) is 13.8. The van der Waals surface area contributed by atoms with Gasteiger partial charge in [-0.05, 0) is 60.7 Å². The standard InChI is InChI=1S/C19H19ClN2O/c20-14-7-8-17-13(11-14)6-9-18(17)21-15-3-1-4-16(12-15)22-10-2-5-19(22)23/h1,3-4,7-8,11-12,18,21H,2,5-6,9-10H2/t18-/m0/s1. The Balaban J connectivity index is 1.55. The van der Waals surface area contributed by atoms with Gasteiger partial charge in [0.05, 0.1) is 6.04 Å². The van der Waals surface area contributed by atoms with E-state index >= 15 is 0 Å². The highest BCUT2D eigenvalue weighted by molar-refractivity contribution is 6.30. The van der Waals surface area contributed by atoms with E-state index in [2.05, 4.69) is 29.6 Å². The average molecular weight is 327 g/mol. The van der Waals surface area contributed by atoms with Gasteiger partial charge in [0.15, 0.2) is 0 Å². The summed E-state index contributed by atoms with van der Waals surface area (Å²) < 4.78 is 0. The summed E-state index contributed by atoms with van der Waals surface area (Å²) in [7, 11) is 0. The molecule has 1 saturated heterocycles. The minimum atomic E-state index is 0.225. The highest BCUT2D eigenvalue weighted by Gasteiger charge is 2.24. The molecule has 0 unspecified atom stereocenters. The van der Waals surface area contributed by atoms with Crippen molar-refractivity contribution in [1.29, 1.82) is 0 Å².